The molecule has 0 fully saturated rings. The average molecular weight is 414 g/mol. The minimum atomic E-state index is -0.171. The number of anilines is 3. The van der Waals surface area contributed by atoms with Crippen molar-refractivity contribution < 1.29 is 19.1 Å². The van der Waals surface area contributed by atoms with E-state index >= 15 is 0 Å². The van der Waals surface area contributed by atoms with E-state index in [2.05, 4.69) is 16.0 Å². The van der Waals surface area contributed by atoms with Crippen LogP contribution in [0.25, 0.3) is 0 Å². The normalized spacial score (nSPS) is 10.5. The van der Waals surface area contributed by atoms with Crippen LogP contribution in [-0.2, 0) is 14.3 Å². The van der Waals surface area contributed by atoms with Crippen molar-refractivity contribution in [3.05, 3.63) is 48.5 Å². The lowest BCUT2D eigenvalue weighted by Gasteiger charge is -2.11. The van der Waals surface area contributed by atoms with Gasteiger partial charge in [-0.05, 0) is 49.2 Å². The van der Waals surface area contributed by atoms with E-state index in [4.69, 9.17) is 9.47 Å². The van der Waals surface area contributed by atoms with Gasteiger partial charge in [-0.15, -0.1) is 0 Å². The van der Waals surface area contributed by atoms with Gasteiger partial charge in [-0.2, -0.15) is 0 Å². The molecule has 0 saturated carbocycles. The molecule has 0 aromatic heterocycles. The molecule has 2 aromatic rings. The van der Waals surface area contributed by atoms with Gasteiger partial charge in [0.1, 0.15) is 12.4 Å². The first-order valence-electron chi connectivity index (χ1n) is 10.2. The highest BCUT2D eigenvalue weighted by Crippen LogP contribution is 2.18. The number of rotatable bonds is 12. The summed E-state index contributed by atoms with van der Waals surface area (Å²) >= 11 is 0. The first-order chi connectivity index (χ1) is 14.5. The topological polar surface area (TPSA) is 88.7 Å². The Balaban J connectivity index is 1.77. The number of hydrogen-bond donors (Lipinski definition) is 3. The van der Waals surface area contributed by atoms with Crippen molar-refractivity contribution in [2.24, 2.45) is 5.92 Å². The Bertz CT molecular complexity index is 806. The highest BCUT2D eigenvalue weighted by atomic mass is 16.5. The molecule has 0 aliphatic rings. The molecule has 2 aromatic carbocycles. The Kier molecular flexibility index (Phi) is 9.67. The van der Waals surface area contributed by atoms with E-state index < -0.39 is 0 Å². The van der Waals surface area contributed by atoms with E-state index in [-0.39, 0.29) is 18.4 Å². The van der Waals surface area contributed by atoms with Gasteiger partial charge in [0, 0.05) is 36.2 Å². The average Bonchev–Trinajstić information content (AvgIpc) is 2.70. The Hall–Kier alpha value is -3.06. The van der Waals surface area contributed by atoms with Crippen LogP contribution in [0.2, 0.25) is 0 Å². The van der Waals surface area contributed by atoms with Gasteiger partial charge in [-0.3, -0.25) is 9.59 Å². The van der Waals surface area contributed by atoms with E-state index in [1.807, 2.05) is 63.2 Å². The quantitative estimate of drug-likeness (QED) is 0.455. The van der Waals surface area contributed by atoms with Crippen molar-refractivity contribution in [1.29, 1.82) is 0 Å². The smallest absolute Gasteiger partial charge is 0.243 e. The highest BCUT2D eigenvalue weighted by Gasteiger charge is 2.06. The molecule has 0 heterocycles. The van der Waals surface area contributed by atoms with Gasteiger partial charge in [-0.1, -0.05) is 19.9 Å². The van der Waals surface area contributed by atoms with E-state index in [1.54, 1.807) is 6.07 Å². The van der Waals surface area contributed by atoms with Crippen molar-refractivity contribution in [3.8, 4) is 5.75 Å². The zero-order valence-corrected chi connectivity index (χ0v) is 17.9. The molecule has 7 heteroatoms. The maximum absolute atomic E-state index is 12.2. The maximum Gasteiger partial charge on any atom is 0.243 e. The van der Waals surface area contributed by atoms with Crippen LogP contribution in [0.5, 0.6) is 5.75 Å². The number of amides is 2. The second-order valence-electron chi connectivity index (χ2n) is 7.20. The molecular weight excluding hydrogens is 382 g/mol. The third kappa shape index (κ3) is 8.96. The minimum absolute atomic E-state index is 0.00538. The highest BCUT2D eigenvalue weighted by molar-refractivity contribution is 5.94. The van der Waals surface area contributed by atoms with Gasteiger partial charge in [0.25, 0.3) is 0 Å². The van der Waals surface area contributed by atoms with Gasteiger partial charge in [0.05, 0.1) is 13.2 Å². The molecule has 0 atom stereocenters. The monoisotopic (exact) mass is 413 g/mol. The number of hydrogen-bond acceptors (Lipinski definition) is 5. The summed E-state index contributed by atoms with van der Waals surface area (Å²) in [6.07, 6.45) is 0.485. The predicted molar refractivity (Wildman–Crippen MR) is 120 cm³/mol. The lowest BCUT2D eigenvalue weighted by atomic mass is 10.1. The summed E-state index contributed by atoms with van der Waals surface area (Å²) in [5.41, 5.74) is 2.19. The number of carbonyl (C=O) groups is 2. The Labute approximate surface area is 178 Å². The fourth-order valence-electron chi connectivity index (χ4n) is 2.67. The van der Waals surface area contributed by atoms with Crippen molar-refractivity contribution in [3.63, 3.8) is 0 Å². The second-order valence-corrected chi connectivity index (χ2v) is 7.20. The standard InChI is InChI=1S/C23H31N3O4/c1-4-29-12-13-30-21-7-5-6-20(15-21)26-23(28)16-24-18-8-10-19(11-9-18)25-22(27)14-17(2)3/h5-11,15,17,24H,4,12-14,16H2,1-3H3,(H,25,27)(H,26,28). The number of nitrogens with one attached hydrogen (secondary N) is 3. The fraction of sp³-hybridized carbons (Fsp3) is 0.391. The predicted octanol–water partition coefficient (Wildman–Crippen LogP) is 4.14. The van der Waals surface area contributed by atoms with Crippen LogP contribution < -0.4 is 20.7 Å². The molecule has 2 rings (SSSR count). The third-order valence-corrected chi connectivity index (χ3v) is 4.03. The zero-order valence-electron chi connectivity index (χ0n) is 17.9. The number of benzene rings is 2. The van der Waals surface area contributed by atoms with E-state index in [0.717, 1.165) is 11.4 Å². The van der Waals surface area contributed by atoms with Gasteiger partial charge in [0.2, 0.25) is 11.8 Å². The van der Waals surface area contributed by atoms with Crippen LogP contribution in [0.1, 0.15) is 27.2 Å². The molecule has 162 valence electrons. The maximum atomic E-state index is 12.2. The van der Waals surface area contributed by atoms with Crippen molar-refractivity contribution in [1.82, 2.24) is 0 Å². The molecule has 0 saturated heterocycles. The summed E-state index contributed by atoms with van der Waals surface area (Å²) in [7, 11) is 0. The SMILES string of the molecule is CCOCCOc1cccc(NC(=O)CNc2ccc(NC(=O)CC(C)C)cc2)c1. The van der Waals surface area contributed by atoms with Crippen LogP contribution in [0.15, 0.2) is 48.5 Å². The molecule has 0 aliphatic heterocycles. The molecule has 0 aliphatic carbocycles. The first-order valence-corrected chi connectivity index (χ1v) is 10.2. The Morgan fingerprint density at radius 2 is 1.60 bits per heavy atom. The number of ether oxygens (including phenoxy) is 2. The van der Waals surface area contributed by atoms with Crippen LogP contribution in [0.3, 0.4) is 0 Å². The number of carbonyl (C=O) groups excluding carboxylic acids is 2. The third-order valence-electron chi connectivity index (χ3n) is 4.03. The van der Waals surface area contributed by atoms with Gasteiger partial charge in [-0.25, -0.2) is 0 Å². The molecule has 3 N–H and O–H groups in total. The van der Waals surface area contributed by atoms with Gasteiger partial charge in [0.15, 0.2) is 0 Å². The lowest BCUT2D eigenvalue weighted by Crippen LogP contribution is -2.21. The molecule has 7 nitrogen and oxygen atoms in total. The summed E-state index contributed by atoms with van der Waals surface area (Å²) in [4.78, 5) is 24.0. The second kappa shape index (κ2) is 12.5. The minimum Gasteiger partial charge on any atom is -0.491 e. The van der Waals surface area contributed by atoms with Crippen molar-refractivity contribution in [2.75, 3.05) is 42.3 Å². The van der Waals surface area contributed by atoms with Crippen LogP contribution >= 0.6 is 0 Å². The van der Waals surface area contributed by atoms with Crippen LogP contribution in [0.4, 0.5) is 17.1 Å². The van der Waals surface area contributed by atoms with Gasteiger partial charge < -0.3 is 25.4 Å². The Morgan fingerprint density at radius 1 is 0.900 bits per heavy atom. The molecule has 2 amide bonds. The summed E-state index contributed by atoms with van der Waals surface area (Å²) in [6.45, 7) is 7.70. The largest absolute Gasteiger partial charge is 0.491 e. The molecular formula is C23H31N3O4. The molecule has 30 heavy (non-hydrogen) atoms. The Morgan fingerprint density at radius 3 is 2.30 bits per heavy atom. The van der Waals surface area contributed by atoms with Crippen molar-refractivity contribution >= 4 is 28.9 Å². The fourth-order valence-corrected chi connectivity index (χ4v) is 2.67. The van der Waals surface area contributed by atoms with Gasteiger partial charge >= 0.3 is 0 Å². The van der Waals surface area contributed by atoms with E-state index in [0.29, 0.717) is 43.6 Å². The zero-order chi connectivity index (χ0) is 21.8. The first kappa shape index (κ1) is 23.2. The van der Waals surface area contributed by atoms with Crippen LogP contribution in [0, 0.1) is 5.92 Å². The molecule has 0 unspecified atom stereocenters. The molecule has 0 bridgehead atoms. The summed E-state index contributed by atoms with van der Waals surface area (Å²) in [5, 5.41) is 8.77. The van der Waals surface area contributed by atoms with E-state index in [1.165, 1.54) is 0 Å². The summed E-state index contributed by atoms with van der Waals surface area (Å²) in [6, 6.07) is 14.5. The summed E-state index contributed by atoms with van der Waals surface area (Å²) < 4.78 is 10.8. The molecule has 0 spiro atoms. The van der Waals surface area contributed by atoms with Crippen LogP contribution in [-0.4, -0.2) is 38.2 Å². The van der Waals surface area contributed by atoms with Crippen molar-refractivity contribution in [2.45, 2.75) is 27.2 Å². The van der Waals surface area contributed by atoms with E-state index in [9.17, 15) is 9.59 Å². The summed E-state index contributed by atoms with van der Waals surface area (Å²) in [5.74, 6) is 0.812. The molecule has 0 radical (unpaired) electrons. The lowest BCUT2D eigenvalue weighted by molar-refractivity contribution is -0.117.